The summed E-state index contributed by atoms with van der Waals surface area (Å²) >= 11 is 6.36. The number of hydrogen-bond donors (Lipinski definition) is 3. The molecule has 0 saturated carbocycles. The molecule has 38 heavy (non-hydrogen) atoms. The number of hydrogen-bond acceptors (Lipinski definition) is 7. The first-order chi connectivity index (χ1) is 18.3. The van der Waals surface area contributed by atoms with Gasteiger partial charge in [-0.25, -0.2) is 14.8 Å². The van der Waals surface area contributed by atoms with Gasteiger partial charge in [0.1, 0.15) is 5.02 Å². The SMILES string of the molecule is CC(=O)c1ccc(NC(=O)N2CCC(Nc3nc(Nc4ccc5c(c4)C=NC5=O)ncc3Cl)CC2)c(C)c1. The number of nitrogens with one attached hydrogen (secondary N) is 3. The zero-order valence-electron chi connectivity index (χ0n) is 20.9. The van der Waals surface area contributed by atoms with Crippen LogP contribution in [0.1, 0.15) is 51.6 Å². The molecular formula is C27H26ClN7O3. The topological polar surface area (TPSA) is 129 Å². The second kappa shape index (κ2) is 10.6. The maximum Gasteiger partial charge on any atom is 0.321 e. The second-order valence-electron chi connectivity index (χ2n) is 9.30. The summed E-state index contributed by atoms with van der Waals surface area (Å²) in [5, 5.41) is 9.86. The molecule has 5 rings (SSSR count). The molecule has 1 saturated heterocycles. The van der Waals surface area contributed by atoms with E-state index in [0.717, 1.165) is 29.7 Å². The molecule has 10 nitrogen and oxygen atoms in total. The van der Waals surface area contributed by atoms with E-state index in [-0.39, 0.29) is 23.8 Å². The van der Waals surface area contributed by atoms with Gasteiger partial charge in [0.15, 0.2) is 11.6 Å². The highest BCUT2D eigenvalue weighted by atomic mass is 35.5. The van der Waals surface area contributed by atoms with E-state index in [4.69, 9.17) is 11.6 Å². The number of aromatic nitrogens is 2. The van der Waals surface area contributed by atoms with Crippen molar-refractivity contribution in [2.24, 2.45) is 4.99 Å². The van der Waals surface area contributed by atoms with Crippen LogP contribution in [-0.4, -0.2) is 57.9 Å². The smallest absolute Gasteiger partial charge is 0.321 e. The molecule has 3 heterocycles. The third-order valence-corrected chi connectivity index (χ3v) is 6.88. The minimum atomic E-state index is -0.247. The number of carbonyl (C=O) groups excluding carboxylic acids is 3. The van der Waals surface area contributed by atoms with Crippen LogP contribution in [-0.2, 0) is 0 Å². The van der Waals surface area contributed by atoms with Crippen molar-refractivity contribution in [2.45, 2.75) is 32.7 Å². The molecule has 3 aromatic rings. The number of urea groups is 1. The number of piperidine rings is 1. The average molecular weight is 532 g/mol. The molecule has 1 fully saturated rings. The van der Waals surface area contributed by atoms with Crippen molar-refractivity contribution < 1.29 is 14.4 Å². The fourth-order valence-electron chi connectivity index (χ4n) is 4.43. The van der Waals surface area contributed by atoms with Crippen LogP contribution in [0, 0.1) is 6.92 Å². The molecule has 2 aromatic carbocycles. The Morgan fingerprint density at radius 3 is 2.63 bits per heavy atom. The number of nitrogens with zero attached hydrogens (tertiary/aromatic N) is 4. The predicted molar refractivity (Wildman–Crippen MR) is 147 cm³/mol. The van der Waals surface area contributed by atoms with Crippen molar-refractivity contribution in [1.82, 2.24) is 14.9 Å². The number of aliphatic imine (C=N–C) groups is 1. The fourth-order valence-corrected chi connectivity index (χ4v) is 4.58. The monoisotopic (exact) mass is 531 g/mol. The lowest BCUT2D eigenvalue weighted by atomic mass is 10.1. The highest BCUT2D eigenvalue weighted by Gasteiger charge is 2.24. The summed E-state index contributed by atoms with van der Waals surface area (Å²) in [6.45, 7) is 4.52. The van der Waals surface area contributed by atoms with Gasteiger partial charge in [0.2, 0.25) is 5.95 Å². The molecule has 2 aliphatic rings. The average Bonchev–Trinajstić information content (AvgIpc) is 3.27. The molecule has 2 aliphatic heterocycles. The third kappa shape index (κ3) is 5.50. The van der Waals surface area contributed by atoms with Gasteiger partial charge < -0.3 is 20.9 Å². The van der Waals surface area contributed by atoms with Gasteiger partial charge in [0, 0.05) is 47.8 Å². The number of halogens is 1. The molecule has 0 bridgehead atoms. The lowest BCUT2D eigenvalue weighted by molar-refractivity contribution is 0.100. The van der Waals surface area contributed by atoms with Crippen LogP contribution in [0.2, 0.25) is 5.02 Å². The number of amides is 3. The van der Waals surface area contributed by atoms with Crippen LogP contribution >= 0.6 is 11.6 Å². The van der Waals surface area contributed by atoms with Crippen molar-refractivity contribution >= 4 is 58.7 Å². The van der Waals surface area contributed by atoms with Gasteiger partial charge in [0.25, 0.3) is 5.91 Å². The molecule has 1 aromatic heterocycles. The Hall–Kier alpha value is -4.31. The van der Waals surface area contributed by atoms with E-state index in [1.54, 1.807) is 35.2 Å². The Morgan fingerprint density at radius 1 is 1.11 bits per heavy atom. The number of likely N-dealkylation sites (tertiary alicyclic amines) is 1. The Bertz CT molecular complexity index is 1470. The molecule has 0 radical (unpaired) electrons. The predicted octanol–water partition coefficient (Wildman–Crippen LogP) is 5.07. The highest BCUT2D eigenvalue weighted by Crippen LogP contribution is 2.26. The van der Waals surface area contributed by atoms with E-state index in [2.05, 4.69) is 30.9 Å². The number of ketones is 1. The zero-order chi connectivity index (χ0) is 26.8. The summed E-state index contributed by atoms with van der Waals surface area (Å²) < 4.78 is 0. The maximum atomic E-state index is 12.8. The summed E-state index contributed by atoms with van der Waals surface area (Å²) in [5.41, 5.74) is 4.18. The van der Waals surface area contributed by atoms with E-state index in [9.17, 15) is 14.4 Å². The van der Waals surface area contributed by atoms with Crippen LogP contribution in [0.3, 0.4) is 0 Å². The highest BCUT2D eigenvalue weighted by molar-refractivity contribution is 6.32. The van der Waals surface area contributed by atoms with Crippen molar-refractivity contribution in [3.8, 4) is 0 Å². The molecule has 3 amide bonds. The molecule has 11 heteroatoms. The number of rotatable bonds is 6. The number of Topliss-reactive ketones (excluding diaryl/α,β-unsaturated/α-hetero) is 1. The van der Waals surface area contributed by atoms with E-state index >= 15 is 0 Å². The van der Waals surface area contributed by atoms with Gasteiger partial charge in [0.05, 0.1) is 11.8 Å². The van der Waals surface area contributed by atoms with Crippen LogP contribution in [0.15, 0.2) is 47.6 Å². The normalized spacial score (nSPS) is 14.8. The van der Waals surface area contributed by atoms with Gasteiger partial charge in [-0.05, 0) is 68.7 Å². The number of anilines is 4. The summed E-state index contributed by atoms with van der Waals surface area (Å²) in [6, 6.07) is 10.5. The first-order valence-electron chi connectivity index (χ1n) is 12.2. The Morgan fingerprint density at radius 2 is 1.89 bits per heavy atom. The first-order valence-corrected chi connectivity index (χ1v) is 12.6. The molecule has 0 atom stereocenters. The lowest BCUT2D eigenvalue weighted by Gasteiger charge is -2.33. The lowest BCUT2D eigenvalue weighted by Crippen LogP contribution is -2.44. The molecule has 0 spiro atoms. The molecular weight excluding hydrogens is 506 g/mol. The first kappa shape index (κ1) is 25.3. The van der Waals surface area contributed by atoms with Gasteiger partial charge in [-0.15, -0.1) is 0 Å². The number of benzene rings is 2. The Balaban J connectivity index is 1.17. The van der Waals surface area contributed by atoms with E-state index in [0.29, 0.717) is 46.7 Å². The van der Waals surface area contributed by atoms with Gasteiger partial charge in [-0.2, -0.15) is 4.98 Å². The largest absolute Gasteiger partial charge is 0.366 e. The third-order valence-electron chi connectivity index (χ3n) is 6.60. The summed E-state index contributed by atoms with van der Waals surface area (Å²) in [4.78, 5) is 50.4. The zero-order valence-corrected chi connectivity index (χ0v) is 21.7. The molecule has 0 unspecified atom stereocenters. The van der Waals surface area contributed by atoms with Gasteiger partial charge in [-0.3, -0.25) is 9.59 Å². The van der Waals surface area contributed by atoms with Gasteiger partial charge >= 0.3 is 6.03 Å². The summed E-state index contributed by atoms with van der Waals surface area (Å²) in [6.07, 6.45) is 4.50. The van der Waals surface area contributed by atoms with Crippen molar-refractivity contribution in [3.05, 3.63) is 69.9 Å². The number of carbonyl (C=O) groups is 3. The molecule has 3 N–H and O–H groups in total. The van der Waals surface area contributed by atoms with Gasteiger partial charge in [-0.1, -0.05) is 11.6 Å². The second-order valence-corrected chi connectivity index (χ2v) is 9.71. The standard InChI is InChI=1S/C27H26ClN7O3/c1-15-11-17(16(2)36)3-6-23(15)33-27(38)35-9-7-19(8-10-35)31-24-22(28)14-30-26(34-24)32-20-4-5-21-18(12-20)13-29-25(21)37/h3-6,11-14,19H,7-10H2,1-2H3,(H,33,38)(H2,30,31,32,34). The maximum absolute atomic E-state index is 12.8. The fraction of sp³-hybridized carbons (Fsp3) is 0.259. The van der Waals surface area contributed by atoms with Crippen LogP contribution in [0.5, 0.6) is 0 Å². The van der Waals surface area contributed by atoms with Crippen molar-refractivity contribution in [1.29, 1.82) is 0 Å². The van der Waals surface area contributed by atoms with Crippen molar-refractivity contribution in [3.63, 3.8) is 0 Å². The minimum absolute atomic E-state index is 0.0110. The van der Waals surface area contributed by atoms with Crippen LogP contribution in [0.4, 0.5) is 27.9 Å². The number of aryl methyl sites for hydroxylation is 1. The van der Waals surface area contributed by atoms with E-state index < -0.39 is 0 Å². The quantitative estimate of drug-likeness (QED) is 0.379. The minimum Gasteiger partial charge on any atom is -0.366 e. The van der Waals surface area contributed by atoms with E-state index in [1.807, 2.05) is 13.0 Å². The Kier molecular flexibility index (Phi) is 7.06. The van der Waals surface area contributed by atoms with Crippen molar-refractivity contribution in [2.75, 3.05) is 29.0 Å². The van der Waals surface area contributed by atoms with Crippen LogP contribution in [0.25, 0.3) is 0 Å². The Labute approximate surface area is 224 Å². The number of fused-ring (bicyclic) bond motifs is 1. The molecule has 194 valence electrons. The van der Waals surface area contributed by atoms with Crippen LogP contribution < -0.4 is 16.0 Å². The summed E-state index contributed by atoms with van der Waals surface area (Å²) in [5.74, 6) is 0.609. The summed E-state index contributed by atoms with van der Waals surface area (Å²) in [7, 11) is 0. The van der Waals surface area contributed by atoms with E-state index in [1.165, 1.54) is 19.3 Å². The molecule has 0 aliphatic carbocycles.